The van der Waals surface area contributed by atoms with Crippen LogP contribution in [0.5, 0.6) is 0 Å². The molecule has 0 atom stereocenters. The van der Waals surface area contributed by atoms with E-state index in [0.717, 1.165) is 0 Å². The van der Waals surface area contributed by atoms with E-state index in [9.17, 15) is 44.4 Å². The van der Waals surface area contributed by atoms with Crippen LogP contribution in [0.15, 0.2) is 46.6 Å². The van der Waals surface area contributed by atoms with Gasteiger partial charge in [-0.2, -0.15) is 0 Å². The fraction of sp³-hybridized carbons (Fsp3) is 0.564. The molecule has 0 saturated carbocycles. The monoisotopic (exact) mass is 823 g/mol. The lowest BCUT2D eigenvalue weighted by atomic mass is 9.72. The number of aliphatic hydroxyl groups excluding tert-OH is 4. The van der Waals surface area contributed by atoms with Crippen molar-refractivity contribution in [3.63, 3.8) is 0 Å². The van der Waals surface area contributed by atoms with Gasteiger partial charge in [-0.3, -0.25) is 24.0 Å². The highest BCUT2D eigenvalue weighted by Crippen LogP contribution is 2.48. The van der Waals surface area contributed by atoms with Gasteiger partial charge in [-0.1, -0.05) is 39.6 Å². The van der Waals surface area contributed by atoms with Gasteiger partial charge in [0.15, 0.2) is 11.6 Å². The van der Waals surface area contributed by atoms with Gasteiger partial charge in [0.05, 0.1) is 13.2 Å². The standard InChI is InChI=1S/C39H49N7O13/c40-44-42-13-21-56-19-11-38(7-15-47,8-16-48)35(53)26-1-3-28-29-4-2-27(36(54)39(9-17-49,10-18-50)12-20-57-22-14-43-45-41)24-31(29)32(30(28)23-26)25-58-37(55)59-46-33(51)5-6-34(46)52/h1-4,23-24,32,47-50H,5-22,25H2. The van der Waals surface area contributed by atoms with Gasteiger partial charge < -0.3 is 34.6 Å². The van der Waals surface area contributed by atoms with Crippen LogP contribution in [0.25, 0.3) is 32.0 Å². The summed E-state index contributed by atoms with van der Waals surface area (Å²) >= 11 is 0. The highest BCUT2D eigenvalue weighted by atomic mass is 16.8. The number of ether oxygens (including phenoxy) is 3. The predicted molar refractivity (Wildman–Crippen MR) is 206 cm³/mol. The first-order valence-corrected chi connectivity index (χ1v) is 19.2. The van der Waals surface area contributed by atoms with Crippen LogP contribution in [0.2, 0.25) is 0 Å². The van der Waals surface area contributed by atoms with Crippen molar-refractivity contribution in [1.29, 1.82) is 0 Å². The van der Waals surface area contributed by atoms with E-state index in [4.69, 9.17) is 30.1 Å². The Labute approximate surface area is 339 Å². The van der Waals surface area contributed by atoms with Gasteiger partial charge in [0.1, 0.15) is 6.61 Å². The summed E-state index contributed by atoms with van der Waals surface area (Å²) in [5.74, 6) is -3.01. The normalized spacial score (nSPS) is 14.6. The summed E-state index contributed by atoms with van der Waals surface area (Å²) in [6.07, 6.45) is -1.33. The van der Waals surface area contributed by atoms with Gasteiger partial charge in [0, 0.05) is 103 Å². The van der Waals surface area contributed by atoms with Crippen molar-refractivity contribution in [1.82, 2.24) is 5.06 Å². The first-order valence-electron chi connectivity index (χ1n) is 19.2. The Kier molecular flexibility index (Phi) is 17.8. The zero-order valence-electron chi connectivity index (χ0n) is 32.6. The summed E-state index contributed by atoms with van der Waals surface area (Å²) in [6, 6.07) is 9.86. The lowest BCUT2D eigenvalue weighted by molar-refractivity contribution is -0.177. The molecular formula is C39H49N7O13. The second-order valence-corrected chi connectivity index (χ2v) is 14.1. The molecule has 4 rings (SSSR count). The second-order valence-electron chi connectivity index (χ2n) is 14.1. The maximum atomic E-state index is 14.4. The largest absolute Gasteiger partial charge is 0.533 e. The van der Waals surface area contributed by atoms with Crippen molar-refractivity contribution < 1.29 is 63.4 Å². The number of benzene rings is 2. The summed E-state index contributed by atoms with van der Waals surface area (Å²) < 4.78 is 16.6. The lowest BCUT2D eigenvalue weighted by Crippen LogP contribution is -2.35. The molecule has 20 heteroatoms. The van der Waals surface area contributed by atoms with Crippen molar-refractivity contribution in [3.05, 3.63) is 79.5 Å². The summed E-state index contributed by atoms with van der Waals surface area (Å²) in [5, 5.41) is 47.4. The van der Waals surface area contributed by atoms with Crippen LogP contribution >= 0.6 is 0 Å². The van der Waals surface area contributed by atoms with Crippen molar-refractivity contribution in [3.8, 4) is 11.1 Å². The number of hydrogen-bond donors (Lipinski definition) is 4. The van der Waals surface area contributed by atoms with E-state index in [1.54, 1.807) is 36.4 Å². The molecule has 1 fully saturated rings. The molecule has 2 aromatic rings. The van der Waals surface area contributed by atoms with E-state index in [-0.39, 0.29) is 128 Å². The van der Waals surface area contributed by atoms with Gasteiger partial charge in [-0.15, -0.1) is 0 Å². The molecule has 0 bridgehead atoms. The third kappa shape index (κ3) is 11.4. The fourth-order valence-corrected chi connectivity index (χ4v) is 7.67. The zero-order valence-corrected chi connectivity index (χ0v) is 32.6. The zero-order chi connectivity index (χ0) is 42.8. The number of imide groups is 1. The van der Waals surface area contributed by atoms with Crippen LogP contribution in [0, 0.1) is 10.8 Å². The number of nitrogens with zero attached hydrogens (tertiary/aromatic N) is 7. The van der Waals surface area contributed by atoms with E-state index >= 15 is 0 Å². The Balaban J connectivity index is 1.72. The van der Waals surface area contributed by atoms with Crippen LogP contribution in [0.3, 0.4) is 0 Å². The maximum Gasteiger partial charge on any atom is 0.533 e. The Morgan fingerprint density at radius 3 is 1.49 bits per heavy atom. The molecule has 318 valence electrons. The number of hydrogen-bond acceptors (Lipinski definition) is 15. The lowest BCUT2D eigenvalue weighted by Gasteiger charge is -2.32. The van der Waals surface area contributed by atoms with E-state index < -0.39 is 52.9 Å². The molecule has 20 nitrogen and oxygen atoms in total. The molecule has 0 spiro atoms. The molecule has 2 amide bonds. The SMILES string of the molecule is [N-]=[N+]=NCCOCCC(CCO)(CCO)C(=O)c1ccc2c(c1)C(COC(=O)ON1C(=O)CCC1=O)c1cc(C(=O)C(CCO)(CCO)CCOCCN=[N+]=[N-])ccc1-2. The average molecular weight is 824 g/mol. The first kappa shape index (κ1) is 46.3. The number of carbonyl (C=O) groups excluding carboxylic acids is 5. The Hall–Kier alpha value is -5.43. The quantitative estimate of drug-likeness (QED) is 0.0186. The molecule has 0 unspecified atom stereocenters. The van der Waals surface area contributed by atoms with Crippen LogP contribution in [-0.2, 0) is 28.6 Å². The molecule has 1 saturated heterocycles. The van der Waals surface area contributed by atoms with Gasteiger partial charge >= 0.3 is 6.16 Å². The van der Waals surface area contributed by atoms with Crippen LogP contribution in [0.4, 0.5) is 4.79 Å². The van der Waals surface area contributed by atoms with E-state index in [0.29, 0.717) is 27.3 Å². The highest BCUT2D eigenvalue weighted by Gasteiger charge is 2.41. The number of rotatable bonds is 27. The fourth-order valence-electron chi connectivity index (χ4n) is 7.67. The van der Waals surface area contributed by atoms with Crippen molar-refractivity contribution >= 4 is 29.5 Å². The van der Waals surface area contributed by atoms with Crippen molar-refractivity contribution in [2.45, 2.75) is 57.3 Å². The summed E-state index contributed by atoms with van der Waals surface area (Å²) in [7, 11) is 0. The number of aliphatic hydroxyl groups is 4. The third-order valence-corrected chi connectivity index (χ3v) is 10.8. The number of carbonyl (C=O) groups is 5. The summed E-state index contributed by atoms with van der Waals surface area (Å²) in [5.41, 5.74) is 17.3. The van der Waals surface area contributed by atoms with E-state index in [1.165, 1.54) is 0 Å². The van der Waals surface area contributed by atoms with Crippen LogP contribution in [-0.4, -0.2) is 128 Å². The molecule has 0 radical (unpaired) electrons. The minimum atomic E-state index is -1.33. The molecule has 4 N–H and O–H groups in total. The molecule has 0 aromatic heterocycles. The molecule has 59 heavy (non-hydrogen) atoms. The number of hydroxylamine groups is 2. The number of fused-ring (bicyclic) bond motifs is 3. The van der Waals surface area contributed by atoms with Gasteiger partial charge in [0.2, 0.25) is 0 Å². The topological polar surface area (TPSA) is 304 Å². The number of ketones is 2. The molecule has 2 aliphatic rings. The third-order valence-electron chi connectivity index (χ3n) is 10.8. The van der Waals surface area contributed by atoms with E-state index in [1.807, 2.05) is 0 Å². The van der Waals surface area contributed by atoms with Crippen LogP contribution in [0.1, 0.15) is 89.1 Å². The highest BCUT2D eigenvalue weighted by molar-refractivity contribution is 6.03. The Morgan fingerprint density at radius 1 is 0.678 bits per heavy atom. The molecule has 1 aliphatic heterocycles. The van der Waals surface area contributed by atoms with Crippen LogP contribution < -0.4 is 0 Å². The summed E-state index contributed by atoms with van der Waals surface area (Å²) in [4.78, 5) is 76.2. The molecule has 1 aliphatic carbocycles. The minimum absolute atomic E-state index is 0.00345. The van der Waals surface area contributed by atoms with Crippen molar-refractivity contribution in [2.75, 3.05) is 72.6 Å². The molecule has 2 aromatic carbocycles. The summed E-state index contributed by atoms with van der Waals surface area (Å²) in [6.45, 7) is -1.39. The first-order chi connectivity index (χ1) is 28.5. The number of amides is 2. The number of azide groups is 2. The number of Topliss-reactive ketones (excluding diaryl/α,β-unsaturated/α-hetero) is 2. The maximum absolute atomic E-state index is 14.4. The van der Waals surface area contributed by atoms with Gasteiger partial charge in [-0.05, 0) is 84.0 Å². The van der Waals surface area contributed by atoms with Gasteiger partial charge in [0.25, 0.3) is 11.8 Å². The van der Waals surface area contributed by atoms with Gasteiger partial charge in [-0.25, -0.2) is 4.79 Å². The second kappa shape index (κ2) is 22.6. The Morgan fingerprint density at radius 2 is 1.10 bits per heavy atom. The predicted octanol–water partition coefficient (Wildman–Crippen LogP) is 4.32. The van der Waals surface area contributed by atoms with E-state index in [2.05, 4.69) is 20.1 Å². The molecule has 1 heterocycles. The average Bonchev–Trinajstić information content (AvgIpc) is 3.72. The van der Waals surface area contributed by atoms with Crippen molar-refractivity contribution in [2.24, 2.45) is 21.1 Å². The molecular weight excluding hydrogens is 774 g/mol. The minimum Gasteiger partial charge on any atom is -0.432 e. The Bertz CT molecular complexity index is 1790. The smallest absolute Gasteiger partial charge is 0.432 e.